The van der Waals surface area contributed by atoms with E-state index in [0.717, 1.165) is 6.04 Å². The lowest BCUT2D eigenvalue weighted by Gasteiger charge is -2.22. The number of rotatable bonds is 7. The number of aromatic nitrogens is 3. The molecule has 10 heteroatoms. The molecule has 160 valence electrons. The van der Waals surface area contributed by atoms with Gasteiger partial charge in [-0.05, 0) is 33.7 Å². The Morgan fingerprint density at radius 3 is 2.61 bits per heavy atom. The predicted octanol–water partition coefficient (Wildman–Crippen LogP) is 2.95. The van der Waals surface area contributed by atoms with Gasteiger partial charge in [-0.25, -0.2) is 13.9 Å². The quantitative estimate of drug-likeness (QED) is 0.545. The van der Waals surface area contributed by atoms with Crippen LogP contribution in [0.4, 0.5) is 15.1 Å². The van der Waals surface area contributed by atoms with Crippen molar-refractivity contribution in [2.45, 2.75) is 77.9 Å². The van der Waals surface area contributed by atoms with Gasteiger partial charge in [0.05, 0.1) is 12.6 Å². The number of hydrogen-bond donors (Lipinski definition) is 1. The Morgan fingerprint density at radius 1 is 1.32 bits per heavy atom. The van der Waals surface area contributed by atoms with Crippen molar-refractivity contribution in [3.63, 3.8) is 0 Å². The molecule has 28 heavy (non-hydrogen) atoms. The fraction of sp³-hybridized carbons (Fsp3) is 0.833. The molecule has 0 radical (unpaired) electrons. The first-order valence-corrected chi connectivity index (χ1v) is 13.4. The number of ether oxygens (including phenoxy) is 2. The minimum Gasteiger partial charge on any atom is -0.444 e. The van der Waals surface area contributed by atoms with E-state index >= 15 is 0 Å². The minimum atomic E-state index is -1.22. The maximum absolute atomic E-state index is 14.4. The number of nitrogens with zero attached hydrogens (tertiary/aromatic N) is 4. The van der Waals surface area contributed by atoms with Gasteiger partial charge in [0, 0.05) is 21.2 Å². The zero-order valence-electron chi connectivity index (χ0n) is 18.1. The predicted molar refractivity (Wildman–Crippen MR) is 109 cm³/mol. The van der Waals surface area contributed by atoms with Crippen molar-refractivity contribution in [1.29, 1.82) is 0 Å². The van der Waals surface area contributed by atoms with E-state index in [4.69, 9.17) is 9.47 Å². The second-order valence-electron chi connectivity index (χ2n) is 9.48. The molecule has 1 aliphatic heterocycles. The molecule has 1 fully saturated rings. The molecule has 0 unspecified atom stereocenters. The monoisotopic (exact) mass is 415 g/mol. The third-order valence-corrected chi connectivity index (χ3v) is 5.99. The molecule has 1 amide bonds. The van der Waals surface area contributed by atoms with E-state index in [2.05, 4.69) is 35.0 Å². The average molecular weight is 416 g/mol. The molecule has 2 heterocycles. The molecule has 1 N–H and O–H groups in total. The average Bonchev–Trinajstić information content (AvgIpc) is 3.05. The van der Waals surface area contributed by atoms with Crippen LogP contribution >= 0.6 is 0 Å². The number of carbonyl (C=O) groups is 1. The van der Waals surface area contributed by atoms with Crippen molar-refractivity contribution >= 4 is 20.1 Å². The summed E-state index contributed by atoms with van der Waals surface area (Å²) in [4.78, 5) is 18.1. The van der Waals surface area contributed by atoms with E-state index in [0.29, 0.717) is 31.7 Å². The molecular weight excluding hydrogens is 381 g/mol. The van der Waals surface area contributed by atoms with E-state index in [1.54, 1.807) is 30.4 Å². The molecule has 8 nitrogen and oxygen atoms in total. The Kier molecular flexibility index (Phi) is 7.08. The maximum Gasteiger partial charge on any atom is 0.408 e. The molecule has 0 aromatic carbocycles. The molecular formula is C18H34FN5O3Si. The summed E-state index contributed by atoms with van der Waals surface area (Å²) in [7, 11) is -1.13. The Hall–Kier alpha value is -1.68. The van der Waals surface area contributed by atoms with Crippen molar-refractivity contribution < 1.29 is 18.7 Å². The van der Waals surface area contributed by atoms with Crippen LogP contribution in [0.25, 0.3) is 0 Å². The Labute approximate surface area is 167 Å². The Morgan fingerprint density at radius 2 is 2.00 bits per heavy atom. The number of anilines is 1. The van der Waals surface area contributed by atoms with Gasteiger partial charge in [-0.1, -0.05) is 19.6 Å². The highest BCUT2D eigenvalue weighted by Crippen LogP contribution is 2.20. The number of amides is 1. The van der Waals surface area contributed by atoms with Gasteiger partial charge < -0.3 is 19.7 Å². The number of nitrogens with one attached hydrogen (secondary N) is 1. The van der Waals surface area contributed by atoms with Crippen LogP contribution < -0.4 is 10.2 Å². The number of hydrogen-bond acceptors (Lipinski definition) is 6. The molecule has 1 aliphatic rings. The summed E-state index contributed by atoms with van der Waals surface area (Å²) in [5, 5.41) is 7.04. The van der Waals surface area contributed by atoms with Gasteiger partial charge in [-0.3, -0.25) is 0 Å². The molecule has 2 atom stereocenters. The van der Waals surface area contributed by atoms with E-state index in [1.165, 1.54) is 0 Å². The van der Waals surface area contributed by atoms with Crippen LogP contribution in [0.2, 0.25) is 25.7 Å². The van der Waals surface area contributed by atoms with Gasteiger partial charge in [0.15, 0.2) is 0 Å². The smallest absolute Gasteiger partial charge is 0.408 e. The van der Waals surface area contributed by atoms with Crippen LogP contribution in [-0.4, -0.2) is 66.4 Å². The summed E-state index contributed by atoms with van der Waals surface area (Å²) in [6, 6.07) is 0.427. The number of aryl methyl sites for hydroxylation is 1. The van der Waals surface area contributed by atoms with Crippen LogP contribution in [0.15, 0.2) is 0 Å². The van der Waals surface area contributed by atoms with Crippen molar-refractivity contribution in [2.75, 3.05) is 24.6 Å². The van der Waals surface area contributed by atoms with Crippen molar-refractivity contribution in [2.24, 2.45) is 0 Å². The Balaban J connectivity index is 1.89. The van der Waals surface area contributed by atoms with Crippen LogP contribution in [0.1, 0.15) is 26.6 Å². The number of halogens is 1. The van der Waals surface area contributed by atoms with Crippen molar-refractivity contribution in [3.05, 3.63) is 5.82 Å². The standard InChI is InChI=1S/C18H34FN5O3Si/c1-13-20-16(22-24(13)12-26-8-9-28(5,6)7)23-10-14(19)15(11-23)21-17(25)27-18(2,3)4/h14-15H,8-12H2,1-7H3,(H,21,25)/t14-,15-/m0/s1. The highest BCUT2D eigenvalue weighted by atomic mass is 28.3. The van der Waals surface area contributed by atoms with Crippen LogP contribution in [0.3, 0.4) is 0 Å². The first kappa shape index (κ1) is 22.6. The lowest BCUT2D eigenvalue weighted by atomic mass is 10.2. The van der Waals surface area contributed by atoms with Gasteiger partial charge in [0.1, 0.15) is 24.3 Å². The Bertz CT molecular complexity index is 671. The number of alkyl carbamates (subject to hydrolysis) is 1. The molecule has 2 rings (SSSR count). The van der Waals surface area contributed by atoms with E-state index < -0.39 is 32.0 Å². The number of carbonyl (C=O) groups excluding carboxylic acids is 1. The van der Waals surface area contributed by atoms with Gasteiger partial charge in [0.2, 0.25) is 5.95 Å². The first-order valence-electron chi connectivity index (χ1n) is 9.72. The molecule has 1 aromatic rings. The van der Waals surface area contributed by atoms with Crippen molar-refractivity contribution in [3.8, 4) is 0 Å². The lowest BCUT2D eigenvalue weighted by molar-refractivity contribution is 0.0490. The van der Waals surface area contributed by atoms with Gasteiger partial charge in [0.25, 0.3) is 0 Å². The third kappa shape index (κ3) is 7.05. The van der Waals surface area contributed by atoms with Crippen LogP contribution in [0.5, 0.6) is 0 Å². The molecule has 1 aromatic heterocycles. The minimum absolute atomic E-state index is 0.125. The van der Waals surface area contributed by atoms with E-state index in [9.17, 15) is 9.18 Å². The zero-order valence-corrected chi connectivity index (χ0v) is 19.1. The lowest BCUT2D eigenvalue weighted by Crippen LogP contribution is -2.44. The molecule has 1 saturated heterocycles. The highest BCUT2D eigenvalue weighted by Gasteiger charge is 2.36. The van der Waals surface area contributed by atoms with E-state index in [-0.39, 0.29) is 6.54 Å². The highest BCUT2D eigenvalue weighted by molar-refractivity contribution is 6.76. The zero-order chi connectivity index (χ0) is 21.1. The van der Waals surface area contributed by atoms with Crippen LogP contribution in [-0.2, 0) is 16.2 Å². The summed E-state index contributed by atoms with van der Waals surface area (Å²) in [6.45, 7) is 15.5. The largest absolute Gasteiger partial charge is 0.444 e. The maximum atomic E-state index is 14.4. The second-order valence-corrected chi connectivity index (χ2v) is 15.1. The molecule has 0 saturated carbocycles. The van der Waals surface area contributed by atoms with Crippen molar-refractivity contribution in [1.82, 2.24) is 20.1 Å². The summed E-state index contributed by atoms with van der Waals surface area (Å²) >= 11 is 0. The normalized spacial score (nSPS) is 20.5. The number of alkyl halides is 1. The summed E-state index contributed by atoms with van der Waals surface area (Å²) in [6.07, 6.45) is -1.83. The summed E-state index contributed by atoms with van der Waals surface area (Å²) < 4.78 is 27.0. The second kappa shape index (κ2) is 8.77. The fourth-order valence-corrected chi connectivity index (χ4v) is 3.47. The van der Waals surface area contributed by atoms with Gasteiger partial charge in [-0.15, -0.1) is 5.10 Å². The summed E-state index contributed by atoms with van der Waals surface area (Å²) in [5.74, 6) is 1.16. The SMILES string of the molecule is Cc1nc(N2C[C@H](NC(=O)OC(C)(C)C)[C@@H](F)C2)nn1COCC[Si](C)(C)C. The first-order chi connectivity index (χ1) is 12.8. The third-order valence-electron chi connectivity index (χ3n) is 4.29. The van der Waals surface area contributed by atoms with Gasteiger partial charge in [-0.2, -0.15) is 4.98 Å². The molecule has 0 bridgehead atoms. The van der Waals surface area contributed by atoms with E-state index in [1.807, 2.05) is 6.92 Å². The summed E-state index contributed by atoms with van der Waals surface area (Å²) in [5.41, 5.74) is -0.624. The van der Waals surface area contributed by atoms with Gasteiger partial charge >= 0.3 is 6.09 Å². The molecule has 0 spiro atoms. The molecule has 0 aliphatic carbocycles. The van der Waals surface area contributed by atoms with Crippen LogP contribution in [0, 0.1) is 6.92 Å². The fourth-order valence-electron chi connectivity index (χ4n) is 2.71. The topological polar surface area (TPSA) is 81.5 Å².